The Morgan fingerprint density at radius 2 is 2.20 bits per heavy atom. The third kappa shape index (κ3) is 3.12. The summed E-state index contributed by atoms with van der Waals surface area (Å²) in [5.41, 5.74) is 0. The molecule has 0 radical (unpaired) electrons. The minimum Gasteiger partial charge on any atom is -0.320 e. The summed E-state index contributed by atoms with van der Waals surface area (Å²) in [5.74, 6) is -0.184. The van der Waals surface area contributed by atoms with Crippen LogP contribution in [0.2, 0.25) is 0 Å². The Morgan fingerprint density at radius 3 is 2.73 bits per heavy atom. The van der Waals surface area contributed by atoms with Gasteiger partial charge in [-0.05, 0) is 13.3 Å². The van der Waals surface area contributed by atoms with Crippen LogP contribution in [0.15, 0.2) is 0 Å². The van der Waals surface area contributed by atoms with E-state index in [2.05, 4.69) is 5.32 Å². The number of rotatable bonds is 5. The number of hydrogen-bond acceptors (Lipinski definition) is 2. The lowest BCUT2D eigenvalue weighted by molar-refractivity contribution is -0.131. The summed E-state index contributed by atoms with van der Waals surface area (Å²) in [4.78, 5) is 12.9. The largest absolute Gasteiger partial charge is 0.320 e. The molecule has 0 bridgehead atoms. The second-order valence-corrected chi connectivity index (χ2v) is 3.92. The van der Waals surface area contributed by atoms with Gasteiger partial charge in [0.2, 0.25) is 5.91 Å². The van der Waals surface area contributed by atoms with E-state index in [1.54, 1.807) is 6.92 Å². The number of nitrogens with one attached hydrogen (secondary N) is 1. The maximum absolute atomic E-state index is 12.2. The van der Waals surface area contributed by atoms with Gasteiger partial charge in [-0.2, -0.15) is 0 Å². The molecule has 88 valence electrons. The van der Waals surface area contributed by atoms with Crippen LogP contribution in [0, 0.1) is 0 Å². The Balaban J connectivity index is 2.50. The molecule has 0 spiro atoms. The summed E-state index contributed by atoms with van der Waals surface area (Å²) >= 11 is 0. The van der Waals surface area contributed by atoms with Gasteiger partial charge >= 0.3 is 0 Å². The number of halogens is 2. The van der Waals surface area contributed by atoms with E-state index in [1.165, 1.54) is 4.90 Å². The van der Waals surface area contributed by atoms with Gasteiger partial charge in [-0.3, -0.25) is 10.1 Å². The Hall–Kier alpha value is -0.710. The first-order valence-corrected chi connectivity index (χ1v) is 5.41. The summed E-state index contributed by atoms with van der Waals surface area (Å²) in [6.07, 6.45) is -0.0382. The molecular formula is C10H18F2N2O. The SMILES string of the molecule is CCCCC1NC(C)N(CC(F)F)C1=O. The quantitative estimate of drug-likeness (QED) is 0.763. The van der Waals surface area contributed by atoms with E-state index in [4.69, 9.17) is 0 Å². The van der Waals surface area contributed by atoms with Gasteiger partial charge in [-0.1, -0.05) is 19.8 Å². The number of nitrogens with zero attached hydrogens (tertiary/aromatic N) is 1. The molecule has 0 aromatic rings. The highest BCUT2D eigenvalue weighted by Crippen LogP contribution is 2.16. The molecule has 1 fully saturated rings. The highest BCUT2D eigenvalue weighted by atomic mass is 19.3. The summed E-state index contributed by atoms with van der Waals surface area (Å²) in [7, 11) is 0. The number of unbranched alkanes of at least 4 members (excludes halogenated alkanes) is 1. The van der Waals surface area contributed by atoms with Crippen molar-refractivity contribution in [2.24, 2.45) is 0 Å². The van der Waals surface area contributed by atoms with Gasteiger partial charge in [0.15, 0.2) is 0 Å². The fraction of sp³-hybridized carbons (Fsp3) is 0.900. The maximum atomic E-state index is 12.2. The molecule has 1 rings (SSSR count). The van der Waals surface area contributed by atoms with E-state index in [0.717, 1.165) is 19.3 Å². The van der Waals surface area contributed by atoms with E-state index in [9.17, 15) is 13.6 Å². The molecule has 0 aromatic carbocycles. The standard InChI is InChI=1S/C10H18F2N2O/c1-3-4-5-8-10(15)14(6-9(11)12)7(2)13-8/h7-9,13H,3-6H2,1-2H3. The van der Waals surface area contributed by atoms with Crippen LogP contribution in [0.1, 0.15) is 33.1 Å². The first-order chi connectivity index (χ1) is 7.06. The lowest BCUT2D eigenvalue weighted by Crippen LogP contribution is -2.38. The molecule has 1 heterocycles. The van der Waals surface area contributed by atoms with Crippen molar-refractivity contribution in [1.82, 2.24) is 10.2 Å². The zero-order chi connectivity index (χ0) is 11.4. The lowest BCUT2D eigenvalue weighted by atomic mass is 10.1. The summed E-state index contributed by atoms with van der Waals surface area (Å²) in [6, 6.07) is -0.265. The summed E-state index contributed by atoms with van der Waals surface area (Å²) < 4.78 is 24.4. The van der Waals surface area contributed by atoms with Crippen LogP contribution < -0.4 is 5.32 Å². The highest BCUT2D eigenvalue weighted by molar-refractivity contribution is 5.84. The van der Waals surface area contributed by atoms with Crippen molar-refractivity contribution < 1.29 is 13.6 Å². The predicted molar refractivity (Wildman–Crippen MR) is 53.6 cm³/mol. The molecule has 1 saturated heterocycles. The minimum atomic E-state index is -2.46. The third-order valence-electron chi connectivity index (χ3n) is 2.67. The number of hydrogen-bond donors (Lipinski definition) is 1. The van der Waals surface area contributed by atoms with Crippen molar-refractivity contribution in [3.63, 3.8) is 0 Å². The van der Waals surface area contributed by atoms with Crippen LogP contribution >= 0.6 is 0 Å². The van der Waals surface area contributed by atoms with Gasteiger partial charge in [0.1, 0.15) is 0 Å². The van der Waals surface area contributed by atoms with E-state index in [0.29, 0.717) is 0 Å². The van der Waals surface area contributed by atoms with Crippen LogP contribution in [0.3, 0.4) is 0 Å². The van der Waals surface area contributed by atoms with Gasteiger partial charge in [0, 0.05) is 0 Å². The first-order valence-electron chi connectivity index (χ1n) is 5.41. The van der Waals surface area contributed by atoms with E-state index in [1.807, 2.05) is 6.92 Å². The monoisotopic (exact) mass is 220 g/mol. The van der Waals surface area contributed by atoms with Crippen LogP contribution in [-0.4, -0.2) is 36.0 Å². The Labute approximate surface area is 88.8 Å². The normalized spacial score (nSPS) is 26.7. The van der Waals surface area contributed by atoms with E-state index >= 15 is 0 Å². The van der Waals surface area contributed by atoms with Gasteiger partial charge in [-0.15, -0.1) is 0 Å². The third-order valence-corrected chi connectivity index (χ3v) is 2.67. The van der Waals surface area contributed by atoms with Crippen LogP contribution in [0.25, 0.3) is 0 Å². The number of alkyl halides is 2. The van der Waals surface area contributed by atoms with Crippen molar-refractivity contribution in [1.29, 1.82) is 0 Å². The van der Waals surface area contributed by atoms with Crippen molar-refractivity contribution >= 4 is 5.91 Å². The minimum absolute atomic E-state index is 0.184. The molecule has 2 atom stereocenters. The molecule has 1 aliphatic rings. The van der Waals surface area contributed by atoms with Crippen molar-refractivity contribution in [2.75, 3.05) is 6.54 Å². The smallest absolute Gasteiger partial charge is 0.255 e. The molecule has 0 aliphatic carbocycles. The van der Waals surface area contributed by atoms with Gasteiger partial charge in [0.25, 0.3) is 6.43 Å². The zero-order valence-electron chi connectivity index (χ0n) is 9.17. The predicted octanol–water partition coefficient (Wildman–Crippen LogP) is 1.59. The number of carbonyl (C=O) groups excluding carboxylic acids is 1. The first kappa shape index (κ1) is 12.4. The highest BCUT2D eigenvalue weighted by Gasteiger charge is 2.36. The summed E-state index contributed by atoms with van der Waals surface area (Å²) in [5, 5.41) is 3.04. The lowest BCUT2D eigenvalue weighted by Gasteiger charge is -2.19. The molecule has 2 unspecified atom stereocenters. The average Bonchev–Trinajstić information content (AvgIpc) is 2.42. The van der Waals surface area contributed by atoms with E-state index < -0.39 is 13.0 Å². The fourth-order valence-electron chi connectivity index (χ4n) is 1.86. The molecule has 5 heteroatoms. The van der Waals surface area contributed by atoms with Crippen LogP contribution in [-0.2, 0) is 4.79 Å². The maximum Gasteiger partial charge on any atom is 0.255 e. The Morgan fingerprint density at radius 1 is 1.53 bits per heavy atom. The zero-order valence-corrected chi connectivity index (χ0v) is 9.17. The second-order valence-electron chi connectivity index (χ2n) is 3.92. The number of amides is 1. The van der Waals surface area contributed by atoms with Crippen molar-refractivity contribution in [3.8, 4) is 0 Å². The molecule has 3 nitrogen and oxygen atoms in total. The van der Waals surface area contributed by atoms with Crippen LogP contribution in [0.4, 0.5) is 8.78 Å². The fourth-order valence-corrected chi connectivity index (χ4v) is 1.86. The van der Waals surface area contributed by atoms with Crippen LogP contribution in [0.5, 0.6) is 0 Å². The number of carbonyl (C=O) groups is 1. The Kier molecular flexibility index (Phi) is 4.45. The molecule has 15 heavy (non-hydrogen) atoms. The Bertz CT molecular complexity index is 223. The topological polar surface area (TPSA) is 32.3 Å². The van der Waals surface area contributed by atoms with Crippen molar-refractivity contribution in [3.05, 3.63) is 0 Å². The van der Waals surface area contributed by atoms with E-state index in [-0.39, 0.29) is 18.1 Å². The molecular weight excluding hydrogens is 202 g/mol. The molecule has 1 N–H and O–H groups in total. The van der Waals surface area contributed by atoms with Crippen molar-refractivity contribution in [2.45, 2.75) is 51.7 Å². The van der Waals surface area contributed by atoms with Gasteiger partial charge in [0.05, 0.1) is 18.8 Å². The molecule has 0 saturated carbocycles. The molecule has 1 amide bonds. The summed E-state index contributed by atoms with van der Waals surface area (Å²) in [6.45, 7) is 3.32. The molecule has 0 aromatic heterocycles. The average molecular weight is 220 g/mol. The van der Waals surface area contributed by atoms with Gasteiger partial charge in [-0.25, -0.2) is 8.78 Å². The second kappa shape index (κ2) is 5.39. The molecule has 1 aliphatic heterocycles. The van der Waals surface area contributed by atoms with Gasteiger partial charge < -0.3 is 4.90 Å².